The van der Waals surface area contributed by atoms with E-state index in [1.54, 1.807) is 6.92 Å². The Morgan fingerprint density at radius 2 is 1.15 bits per heavy atom. The van der Waals surface area contributed by atoms with Gasteiger partial charge in [0.15, 0.2) is 0 Å². The normalized spacial score (nSPS) is 6.46. The number of hydrogen-bond donors (Lipinski definition) is 1. The summed E-state index contributed by atoms with van der Waals surface area (Å²) in [4.78, 5) is 0. The van der Waals surface area contributed by atoms with Gasteiger partial charge in [-0.05, 0) is 6.92 Å². The molecular weight excluding hydrogens is 245 g/mol. The molecular formula is C8H22Cl2NOTi-. The largest absolute Gasteiger partial charge is 0.662 e. The van der Waals surface area contributed by atoms with Crippen LogP contribution in [-0.2, 0) is 21.7 Å². The molecule has 13 heavy (non-hydrogen) atoms. The summed E-state index contributed by atoms with van der Waals surface area (Å²) in [5.41, 5.74) is 0. The third-order valence-electron chi connectivity index (χ3n) is 0.763. The molecule has 0 aromatic heterocycles. The van der Waals surface area contributed by atoms with Crippen LogP contribution in [0.15, 0.2) is 0 Å². The molecule has 0 amide bonds. The number of hydrogen-bond acceptors (Lipinski definition) is 1. The van der Waals surface area contributed by atoms with Crippen LogP contribution in [0.25, 0.3) is 5.32 Å². The molecule has 0 spiro atoms. The molecule has 0 aromatic carbocycles. The molecule has 0 atom stereocenters. The monoisotopic (exact) mass is 266 g/mol. The minimum absolute atomic E-state index is 0. The number of nitrogens with zero attached hydrogens (tertiary/aromatic N) is 1. The average Bonchev–Trinajstić information content (AvgIpc) is 1.91. The van der Waals surface area contributed by atoms with Crippen molar-refractivity contribution in [2.45, 2.75) is 33.6 Å². The molecule has 0 rings (SSSR count). The average molecular weight is 267 g/mol. The molecule has 0 unspecified atom stereocenters. The summed E-state index contributed by atoms with van der Waals surface area (Å²) in [6.45, 7) is 8.33. The van der Waals surface area contributed by atoms with E-state index in [0.29, 0.717) is 0 Å². The Morgan fingerprint density at radius 3 is 1.31 bits per heavy atom. The van der Waals surface area contributed by atoms with Crippen molar-refractivity contribution in [1.82, 2.24) is 0 Å². The van der Waals surface area contributed by atoms with Crippen LogP contribution in [0, 0.1) is 0 Å². The third-order valence-corrected chi connectivity index (χ3v) is 0.763. The molecule has 0 bridgehead atoms. The Balaban J connectivity index is -0.0000000320. The Kier molecular flexibility index (Phi) is 85.2. The van der Waals surface area contributed by atoms with Crippen molar-refractivity contribution < 1.29 is 26.8 Å². The molecule has 1 N–H and O–H groups in total. The van der Waals surface area contributed by atoms with Gasteiger partial charge < -0.3 is 10.4 Å². The van der Waals surface area contributed by atoms with Gasteiger partial charge in [-0.3, -0.25) is 0 Å². The van der Waals surface area contributed by atoms with E-state index in [4.69, 9.17) is 5.11 Å². The maximum absolute atomic E-state index is 7.57. The standard InChI is InChI=1S/C6H14N.C2H6O.2ClH.Ti/c1-3-5-7-6-4-2;1-2-3;;;/h3-6H2,1-2H3;3H,2H2,1H3;2*1H;/q-1;;;;. The van der Waals surface area contributed by atoms with Crippen molar-refractivity contribution in [2.75, 3.05) is 19.7 Å². The molecule has 0 aliphatic carbocycles. The first-order chi connectivity index (χ1) is 4.83. The van der Waals surface area contributed by atoms with Crippen LogP contribution in [0.3, 0.4) is 0 Å². The zero-order chi connectivity index (χ0) is 8.24. The molecule has 0 aliphatic rings. The van der Waals surface area contributed by atoms with E-state index in [1.807, 2.05) is 0 Å². The molecule has 0 saturated carbocycles. The molecule has 84 valence electrons. The van der Waals surface area contributed by atoms with Gasteiger partial charge in [0.2, 0.25) is 0 Å². The quantitative estimate of drug-likeness (QED) is 0.616. The van der Waals surface area contributed by atoms with Crippen molar-refractivity contribution in [1.29, 1.82) is 0 Å². The first kappa shape index (κ1) is 29.2. The van der Waals surface area contributed by atoms with Crippen LogP contribution < -0.4 is 0 Å². The Labute approximate surface area is 110 Å². The Bertz CT molecular complexity index is 49.1. The van der Waals surface area contributed by atoms with Gasteiger partial charge in [-0.15, -0.1) is 37.9 Å². The summed E-state index contributed by atoms with van der Waals surface area (Å²) in [6, 6.07) is 0. The number of rotatable bonds is 4. The van der Waals surface area contributed by atoms with Gasteiger partial charge in [0.1, 0.15) is 0 Å². The van der Waals surface area contributed by atoms with E-state index in [9.17, 15) is 0 Å². The first-order valence-electron chi connectivity index (χ1n) is 4.07. The van der Waals surface area contributed by atoms with Gasteiger partial charge in [-0.1, -0.05) is 26.7 Å². The van der Waals surface area contributed by atoms with Crippen LogP contribution in [0.1, 0.15) is 33.6 Å². The van der Waals surface area contributed by atoms with Crippen LogP contribution in [0.2, 0.25) is 0 Å². The topological polar surface area (TPSA) is 34.3 Å². The molecule has 2 nitrogen and oxygen atoms in total. The molecule has 0 aromatic rings. The number of halogens is 2. The maximum atomic E-state index is 7.57. The fraction of sp³-hybridized carbons (Fsp3) is 1.00. The number of aliphatic hydroxyl groups excluding tert-OH is 1. The van der Waals surface area contributed by atoms with Gasteiger partial charge in [0.25, 0.3) is 0 Å². The summed E-state index contributed by atoms with van der Waals surface area (Å²) in [5, 5.41) is 11.8. The first-order valence-corrected chi connectivity index (χ1v) is 4.07. The molecule has 0 saturated heterocycles. The molecule has 0 heterocycles. The predicted octanol–water partition coefficient (Wildman–Crippen LogP) is 3.02. The SMILES string of the molecule is CCC[N-]CCC.CCO.Cl.Cl.[Ti]. The Hall–Kier alpha value is 1.21. The van der Waals surface area contributed by atoms with E-state index < -0.39 is 0 Å². The zero-order valence-electron chi connectivity index (χ0n) is 8.75. The summed E-state index contributed by atoms with van der Waals surface area (Å²) >= 11 is 0. The fourth-order valence-corrected chi connectivity index (χ4v) is 0.428. The zero-order valence-corrected chi connectivity index (χ0v) is 11.9. The molecule has 0 aliphatic heterocycles. The second-order valence-electron chi connectivity index (χ2n) is 1.99. The van der Waals surface area contributed by atoms with Crippen molar-refractivity contribution in [3.63, 3.8) is 0 Å². The molecule has 0 radical (unpaired) electrons. The van der Waals surface area contributed by atoms with Crippen LogP contribution in [-0.4, -0.2) is 24.8 Å². The van der Waals surface area contributed by atoms with Crippen LogP contribution in [0.4, 0.5) is 0 Å². The van der Waals surface area contributed by atoms with Crippen LogP contribution in [0.5, 0.6) is 0 Å². The smallest absolute Gasteiger partial charge is 0.0402 e. The fourth-order valence-electron chi connectivity index (χ4n) is 0.428. The second kappa shape index (κ2) is 37.9. The second-order valence-corrected chi connectivity index (χ2v) is 1.99. The van der Waals surface area contributed by atoms with E-state index in [-0.39, 0.29) is 53.1 Å². The Morgan fingerprint density at radius 1 is 0.923 bits per heavy atom. The van der Waals surface area contributed by atoms with Gasteiger partial charge >= 0.3 is 0 Å². The number of aliphatic hydroxyl groups is 1. The molecule has 0 fully saturated rings. The van der Waals surface area contributed by atoms with Crippen molar-refractivity contribution in [2.24, 2.45) is 0 Å². The van der Waals surface area contributed by atoms with Crippen molar-refractivity contribution in [3.8, 4) is 0 Å². The molecule has 5 heteroatoms. The summed E-state index contributed by atoms with van der Waals surface area (Å²) in [6.07, 6.45) is 2.39. The van der Waals surface area contributed by atoms with Gasteiger partial charge in [0.05, 0.1) is 0 Å². The van der Waals surface area contributed by atoms with E-state index in [2.05, 4.69) is 19.2 Å². The van der Waals surface area contributed by atoms with Crippen molar-refractivity contribution in [3.05, 3.63) is 5.32 Å². The summed E-state index contributed by atoms with van der Waals surface area (Å²) < 4.78 is 0. The van der Waals surface area contributed by atoms with Gasteiger partial charge in [-0.2, -0.15) is 0 Å². The van der Waals surface area contributed by atoms with Gasteiger partial charge in [0, 0.05) is 28.3 Å². The van der Waals surface area contributed by atoms with Crippen molar-refractivity contribution >= 4 is 24.8 Å². The summed E-state index contributed by atoms with van der Waals surface area (Å²) in [7, 11) is 0. The van der Waals surface area contributed by atoms with E-state index in [0.717, 1.165) is 13.1 Å². The third kappa shape index (κ3) is 61.1. The van der Waals surface area contributed by atoms with Gasteiger partial charge in [-0.25, -0.2) is 0 Å². The summed E-state index contributed by atoms with van der Waals surface area (Å²) in [5.74, 6) is 0. The van der Waals surface area contributed by atoms with E-state index in [1.165, 1.54) is 12.8 Å². The van der Waals surface area contributed by atoms with E-state index >= 15 is 0 Å². The predicted molar refractivity (Wildman–Crippen MR) is 60.9 cm³/mol. The minimum Gasteiger partial charge on any atom is -0.662 e. The maximum Gasteiger partial charge on any atom is 0.0402 e. The van der Waals surface area contributed by atoms with Crippen LogP contribution >= 0.6 is 24.8 Å². The minimum atomic E-state index is 0.